The molecular weight excluding hydrogens is 462 g/mol. The number of thioether (sulfide) groups is 1. The average Bonchev–Trinajstić information content (AvgIpc) is 3.43. The van der Waals surface area contributed by atoms with Crippen molar-refractivity contribution in [2.45, 2.75) is 6.54 Å². The lowest BCUT2D eigenvalue weighted by Crippen LogP contribution is -2.27. The number of carbonyl (C=O) groups is 2. The van der Waals surface area contributed by atoms with E-state index in [4.69, 9.17) is 30.8 Å². The van der Waals surface area contributed by atoms with Gasteiger partial charge in [0.15, 0.2) is 18.1 Å². The van der Waals surface area contributed by atoms with Crippen LogP contribution in [0.3, 0.4) is 0 Å². The van der Waals surface area contributed by atoms with E-state index >= 15 is 0 Å². The van der Waals surface area contributed by atoms with Gasteiger partial charge in [0.25, 0.3) is 5.91 Å². The summed E-state index contributed by atoms with van der Waals surface area (Å²) in [5, 5.41) is 0. The van der Waals surface area contributed by atoms with E-state index in [2.05, 4.69) is 0 Å². The van der Waals surface area contributed by atoms with Gasteiger partial charge in [-0.05, 0) is 48.0 Å². The highest BCUT2D eigenvalue weighted by Gasteiger charge is 2.32. The molecule has 7 nitrogen and oxygen atoms in total. The largest absolute Gasteiger partial charge is 0.493 e. The summed E-state index contributed by atoms with van der Waals surface area (Å²) in [4.78, 5) is 26.8. The van der Waals surface area contributed by atoms with Crippen LogP contribution in [0.4, 0.5) is 0 Å². The van der Waals surface area contributed by atoms with Crippen molar-refractivity contribution >= 4 is 46.3 Å². The summed E-state index contributed by atoms with van der Waals surface area (Å²) in [7, 11) is 1.50. The van der Waals surface area contributed by atoms with Gasteiger partial charge in [-0.1, -0.05) is 48.2 Å². The number of rotatable bonds is 8. The Bertz CT molecular complexity index is 1190. The summed E-state index contributed by atoms with van der Waals surface area (Å²) in [6.07, 6.45) is 3.29. The number of hydrogen-bond donors (Lipinski definition) is 0. The van der Waals surface area contributed by atoms with Gasteiger partial charge in [0.05, 0.1) is 24.8 Å². The highest BCUT2D eigenvalue weighted by molar-refractivity contribution is 8.26. The first kappa shape index (κ1) is 22.6. The third-order valence-corrected chi connectivity index (χ3v) is 5.95. The highest BCUT2D eigenvalue weighted by atomic mass is 32.2. The van der Waals surface area contributed by atoms with Crippen molar-refractivity contribution in [2.24, 2.45) is 0 Å². The molecule has 1 fully saturated rings. The van der Waals surface area contributed by atoms with E-state index in [-0.39, 0.29) is 19.1 Å². The minimum absolute atomic E-state index is 0.190. The van der Waals surface area contributed by atoms with Crippen molar-refractivity contribution < 1.29 is 28.2 Å². The SMILES string of the molecule is COc1cc(C=C2SC(=S)N(Cc3ccco3)C2=O)ccc1OCC(=O)Oc1ccccc1. The summed E-state index contributed by atoms with van der Waals surface area (Å²) >= 11 is 6.58. The summed E-state index contributed by atoms with van der Waals surface area (Å²) in [5.74, 6) is 1.17. The number of para-hydroxylation sites is 1. The number of nitrogens with zero attached hydrogens (tertiary/aromatic N) is 1. The molecule has 1 aromatic heterocycles. The number of hydrogen-bond acceptors (Lipinski definition) is 8. The zero-order valence-electron chi connectivity index (χ0n) is 17.6. The normalized spacial score (nSPS) is 14.6. The molecule has 3 aromatic rings. The molecule has 0 bridgehead atoms. The van der Waals surface area contributed by atoms with E-state index < -0.39 is 5.97 Å². The lowest BCUT2D eigenvalue weighted by molar-refractivity contribution is -0.136. The maximum absolute atomic E-state index is 12.8. The third-order valence-electron chi connectivity index (χ3n) is 4.57. The van der Waals surface area contributed by atoms with Crippen molar-refractivity contribution in [2.75, 3.05) is 13.7 Å². The van der Waals surface area contributed by atoms with Crippen molar-refractivity contribution in [3.63, 3.8) is 0 Å². The van der Waals surface area contributed by atoms with Crippen LogP contribution in [0.2, 0.25) is 0 Å². The monoisotopic (exact) mass is 481 g/mol. The van der Waals surface area contributed by atoms with Gasteiger partial charge in [-0.25, -0.2) is 4.79 Å². The van der Waals surface area contributed by atoms with Crippen LogP contribution in [-0.4, -0.2) is 34.8 Å². The fourth-order valence-corrected chi connectivity index (χ4v) is 4.28. The second-order valence-electron chi connectivity index (χ2n) is 6.83. The zero-order valence-corrected chi connectivity index (χ0v) is 19.2. The lowest BCUT2D eigenvalue weighted by Gasteiger charge is -2.12. The molecule has 0 N–H and O–H groups in total. The highest BCUT2D eigenvalue weighted by Crippen LogP contribution is 2.35. The van der Waals surface area contributed by atoms with E-state index in [9.17, 15) is 9.59 Å². The predicted octanol–water partition coefficient (Wildman–Crippen LogP) is 4.67. The molecule has 1 aliphatic rings. The molecular formula is C24H19NO6S2. The molecule has 0 saturated carbocycles. The van der Waals surface area contributed by atoms with Gasteiger partial charge in [-0.3, -0.25) is 9.69 Å². The van der Waals surface area contributed by atoms with E-state index in [1.165, 1.54) is 23.8 Å². The number of benzene rings is 2. The molecule has 1 aliphatic heterocycles. The van der Waals surface area contributed by atoms with Crippen LogP contribution in [0, 0.1) is 0 Å². The smallest absolute Gasteiger partial charge is 0.349 e. The zero-order chi connectivity index (χ0) is 23.2. The Morgan fingerprint density at radius 2 is 1.94 bits per heavy atom. The Hall–Kier alpha value is -3.56. The van der Waals surface area contributed by atoms with Crippen LogP contribution < -0.4 is 14.2 Å². The summed E-state index contributed by atoms with van der Waals surface area (Å²) in [5.41, 5.74) is 0.726. The Balaban J connectivity index is 1.42. The van der Waals surface area contributed by atoms with Crippen LogP contribution in [0.5, 0.6) is 17.2 Å². The lowest BCUT2D eigenvalue weighted by atomic mass is 10.2. The fraction of sp³-hybridized carbons (Fsp3) is 0.125. The number of ether oxygens (including phenoxy) is 3. The van der Waals surface area contributed by atoms with Crippen LogP contribution in [0.1, 0.15) is 11.3 Å². The number of esters is 1. The number of methoxy groups -OCH3 is 1. The summed E-state index contributed by atoms with van der Waals surface area (Å²) in [6.45, 7) is 0.000223. The molecule has 9 heteroatoms. The number of thiocarbonyl (C=S) groups is 1. The Kier molecular flexibility index (Phi) is 7.11. The van der Waals surface area contributed by atoms with Crippen LogP contribution >= 0.6 is 24.0 Å². The first-order chi connectivity index (χ1) is 16.0. The first-order valence-corrected chi connectivity index (χ1v) is 11.1. The van der Waals surface area contributed by atoms with Crippen molar-refractivity contribution in [1.29, 1.82) is 0 Å². The molecule has 0 unspecified atom stereocenters. The van der Waals surface area contributed by atoms with Crippen molar-refractivity contribution in [1.82, 2.24) is 4.90 Å². The summed E-state index contributed by atoms with van der Waals surface area (Å²) in [6, 6.07) is 17.5. The Labute approximate surface area is 199 Å². The van der Waals surface area contributed by atoms with Gasteiger partial charge in [0.1, 0.15) is 15.8 Å². The molecule has 0 aliphatic carbocycles. The van der Waals surface area contributed by atoms with Crippen molar-refractivity contribution in [3.05, 3.63) is 83.2 Å². The van der Waals surface area contributed by atoms with Gasteiger partial charge in [0.2, 0.25) is 0 Å². The van der Waals surface area contributed by atoms with E-state index in [1.807, 2.05) is 6.07 Å². The van der Waals surface area contributed by atoms with Gasteiger partial charge in [-0.2, -0.15) is 0 Å². The minimum atomic E-state index is -0.535. The third kappa shape index (κ3) is 5.63. The van der Waals surface area contributed by atoms with Gasteiger partial charge in [-0.15, -0.1) is 0 Å². The quantitative estimate of drug-likeness (QED) is 0.199. The fourth-order valence-electron chi connectivity index (χ4n) is 3.03. The molecule has 0 spiro atoms. The number of furan rings is 1. The Morgan fingerprint density at radius 3 is 2.67 bits per heavy atom. The first-order valence-electron chi connectivity index (χ1n) is 9.88. The standard InChI is InChI=1S/C24H19NO6S2/c1-28-20-12-16(9-10-19(20)30-15-22(26)31-17-6-3-2-4-7-17)13-21-23(27)25(24(32)33-21)14-18-8-5-11-29-18/h2-13H,14-15H2,1H3. The topological polar surface area (TPSA) is 78.2 Å². The molecule has 0 atom stereocenters. The number of amides is 1. The molecule has 2 aromatic carbocycles. The van der Waals surface area contributed by atoms with Gasteiger partial charge in [0, 0.05) is 0 Å². The van der Waals surface area contributed by atoms with E-state index in [0.717, 1.165) is 5.56 Å². The predicted molar refractivity (Wildman–Crippen MR) is 128 cm³/mol. The van der Waals surface area contributed by atoms with Crippen LogP contribution in [-0.2, 0) is 16.1 Å². The van der Waals surface area contributed by atoms with Gasteiger partial charge < -0.3 is 18.6 Å². The molecule has 33 heavy (non-hydrogen) atoms. The van der Waals surface area contributed by atoms with Crippen LogP contribution in [0.15, 0.2) is 76.2 Å². The molecule has 1 saturated heterocycles. The molecule has 0 radical (unpaired) electrons. The molecule has 2 heterocycles. The van der Waals surface area contributed by atoms with Crippen LogP contribution in [0.25, 0.3) is 6.08 Å². The second kappa shape index (κ2) is 10.4. The van der Waals surface area contributed by atoms with E-state index in [1.54, 1.807) is 66.9 Å². The average molecular weight is 482 g/mol. The molecule has 4 rings (SSSR count). The van der Waals surface area contributed by atoms with E-state index in [0.29, 0.717) is 32.2 Å². The molecule has 168 valence electrons. The Morgan fingerprint density at radius 1 is 1.12 bits per heavy atom. The van der Waals surface area contributed by atoms with Crippen molar-refractivity contribution in [3.8, 4) is 17.2 Å². The summed E-state index contributed by atoms with van der Waals surface area (Å²) < 4.78 is 22.0. The maximum atomic E-state index is 12.8. The molecule has 1 amide bonds. The number of carbonyl (C=O) groups excluding carboxylic acids is 2. The maximum Gasteiger partial charge on any atom is 0.349 e. The van der Waals surface area contributed by atoms with Gasteiger partial charge >= 0.3 is 5.97 Å². The minimum Gasteiger partial charge on any atom is -0.493 e. The second-order valence-corrected chi connectivity index (χ2v) is 8.51.